The van der Waals surface area contributed by atoms with Gasteiger partial charge in [-0.2, -0.15) is 0 Å². The Labute approximate surface area is 101 Å². The van der Waals surface area contributed by atoms with Gasteiger partial charge in [0.2, 0.25) is 5.91 Å². The summed E-state index contributed by atoms with van der Waals surface area (Å²) in [6.07, 6.45) is 5.27. The van der Waals surface area contributed by atoms with Crippen LogP contribution in [0.2, 0.25) is 0 Å². The van der Waals surface area contributed by atoms with Crippen LogP contribution in [-0.2, 0) is 4.79 Å². The zero-order valence-corrected chi connectivity index (χ0v) is 10.1. The molecule has 1 amide bonds. The van der Waals surface area contributed by atoms with E-state index in [0.29, 0.717) is 5.13 Å². The summed E-state index contributed by atoms with van der Waals surface area (Å²) < 4.78 is 1.02. The van der Waals surface area contributed by atoms with Gasteiger partial charge >= 0.3 is 0 Å². The van der Waals surface area contributed by atoms with E-state index in [2.05, 4.69) is 15.3 Å². The number of carbonyl (C=O) groups excluding carboxylic acids is 1. The third kappa shape index (κ3) is 3.04. The first kappa shape index (κ1) is 11.1. The number of aromatic nitrogens is 2. The Hall–Kier alpha value is -1.40. The number of thiazole rings is 1. The zero-order chi connectivity index (χ0) is 11.4. The standard InChI is InChI=1S/C10H9N3OS2/c1-7(14)13-10-12-6-9(16-10)15-8-3-2-4-11-5-8/h2-6H,1H3,(H,12,13,14). The van der Waals surface area contributed by atoms with E-state index in [4.69, 9.17) is 0 Å². The van der Waals surface area contributed by atoms with Gasteiger partial charge in [-0.25, -0.2) is 4.98 Å². The summed E-state index contributed by atoms with van der Waals surface area (Å²) in [5.41, 5.74) is 0. The summed E-state index contributed by atoms with van der Waals surface area (Å²) >= 11 is 3.03. The average molecular weight is 251 g/mol. The fraction of sp³-hybridized carbons (Fsp3) is 0.100. The highest BCUT2D eigenvalue weighted by atomic mass is 32.2. The maximum Gasteiger partial charge on any atom is 0.223 e. The summed E-state index contributed by atoms with van der Waals surface area (Å²) in [4.78, 5) is 20.0. The molecule has 2 aromatic rings. The molecule has 82 valence electrons. The topological polar surface area (TPSA) is 54.9 Å². The molecule has 0 aliphatic heterocycles. The number of amides is 1. The second-order valence-electron chi connectivity index (χ2n) is 2.96. The van der Waals surface area contributed by atoms with Crippen LogP contribution in [0.1, 0.15) is 6.92 Å². The van der Waals surface area contributed by atoms with Crippen LogP contribution in [0.5, 0.6) is 0 Å². The van der Waals surface area contributed by atoms with Crippen molar-refractivity contribution >= 4 is 34.1 Å². The predicted molar refractivity (Wildman–Crippen MR) is 64.8 cm³/mol. The summed E-state index contributed by atoms with van der Waals surface area (Å²) in [6, 6.07) is 3.87. The first-order valence-corrected chi connectivity index (χ1v) is 6.18. The van der Waals surface area contributed by atoms with E-state index in [0.717, 1.165) is 9.10 Å². The van der Waals surface area contributed by atoms with Crippen molar-refractivity contribution in [2.24, 2.45) is 0 Å². The van der Waals surface area contributed by atoms with E-state index < -0.39 is 0 Å². The first-order valence-electron chi connectivity index (χ1n) is 4.55. The Bertz CT molecular complexity index is 484. The first-order chi connectivity index (χ1) is 7.74. The number of hydrogen-bond donors (Lipinski definition) is 1. The lowest BCUT2D eigenvalue weighted by atomic mass is 10.5. The molecule has 6 heteroatoms. The van der Waals surface area contributed by atoms with Crippen LogP contribution in [0.25, 0.3) is 0 Å². The lowest BCUT2D eigenvalue weighted by Crippen LogP contribution is -2.04. The highest BCUT2D eigenvalue weighted by Crippen LogP contribution is 2.33. The molecule has 0 aliphatic carbocycles. The number of pyridine rings is 1. The fourth-order valence-electron chi connectivity index (χ4n) is 1.04. The number of rotatable bonds is 3. The van der Waals surface area contributed by atoms with Gasteiger partial charge in [0.15, 0.2) is 5.13 Å². The van der Waals surface area contributed by atoms with Crippen molar-refractivity contribution in [3.05, 3.63) is 30.7 Å². The Morgan fingerprint density at radius 3 is 3.06 bits per heavy atom. The van der Waals surface area contributed by atoms with Crippen molar-refractivity contribution < 1.29 is 4.79 Å². The van der Waals surface area contributed by atoms with E-state index in [9.17, 15) is 4.79 Å². The number of anilines is 1. The van der Waals surface area contributed by atoms with Crippen LogP contribution >= 0.6 is 23.1 Å². The highest BCUT2D eigenvalue weighted by Gasteiger charge is 2.04. The highest BCUT2D eigenvalue weighted by molar-refractivity contribution is 8.01. The summed E-state index contributed by atoms with van der Waals surface area (Å²) in [5.74, 6) is -0.104. The molecule has 0 atom stereocenters. The predicted octanol–water partition coefficient (Wildman–Crippen LogP) is 2.65. The third-order valence-electron chi connectivity index (χ3n) is 1.62. The number of carbonyl (C=O) groups is 1. The van der Waals surface area contributed by atoms with Crippen LogP contribution in [0.3, 0.4) is 0 Å². The van der Waals surface area contributed by atoms with Gasteiger partial charge in [0.25, 0.3) is 0 Å². The second-order valence-corrected chi connectivity index (χ2v) is 5.36. The summed E-state index contributed by atoms with van der Waals surface area (Å²) in [5, 5.41) is 3.27. The molecule has 16 heavy (non-hydrogen) atoms. The maximum atomic E-state index is 10.8. The van der Waals surface area contributed by atoms with Crippen LogP contribution < -0.4 is 5.32 Å². The molecule has 2 aromatic heterocycles. The third-order valence-corrected chi connectivity index (χ3v) is 3.61. The molecule has 0 spiro atoms. The normalized spacial score (nSPS) is 10.1. The SMILES string of the molecule is CC(=O)Nc1ncc(Sc2cccnc2)s1. The van der Waals surface area contributed by atoms with Crippen molar-refractivity contribution in [2.45, 2.75) is 16.0 Å². The number of nitrogens with one attached hydrogen (secondary N) is 1. The largest absolute Gasteiger partial charge is 0.302 e. The van der Waals surface area contributed by atoms with Gasteiger partial charge in [0.05, 0.1) is 10.4 Å². The van der Waals surface area contributed by atoms with Crippen molar-refractivity contribution in [1.29, 1.82) is 0 Å². The van der Waals surface area contributed by atoms with Gasteiger partial charge in [-0.3, -0.25) is 9.78 Å². The molecule has 4 nitrogen and oxygen atoms in total. The Morgan fingerprint density at radius 1 is 1.50 bits per heavy atom. The van der Waals surface area contributed by atoms with Crippen molar-refractivity contribution in [3.63, 3.8) is 0 Å². The van der Waals surface area contributed by atoms with Gasteiger partial charge in [-0.15, -0.1) is 0 Å². The number of hydrogen-bond acceptors (Lipinski definition) is 5. The molecule has 0 aromatic carbocycles. The Balaban J connectivity index is 2.06. The summed E-state index contributed by atoms with van der Waals surface area (Å²) in [6.45, 7) is 1.47. The van der Waals surface area contributed by atoms with Crippen LogP contribution in [0, 0.1) is 0 Å². The fourth-order valence-corrected chi connectivity index (χ4v) is 2.92. The minimum atomic E-state index is -0.104. The smallest absolute Gasteiger partial charge is 0.223 e. The molecule has 0 radical (unpaired) electrons. The van der Waals surface area contributed by atoms with Gasteiger partial charge in [-0.1, -0.05) is 23.1 Å². The van der Waals surface area contributed by atoms with E-state index in [1.807, 2.05) is 12.1 Å². The molecule has 0 unspecified atom stereocenters. The Kier molecular flexibility index (Phi) is 3.53. The molecule has 0 saturated heterocycles. The van der Waals surface area contributed by atoms with Crippen LogP contribution in [0.15, 0.2) is 39.8 Å². The second kappa shape index (κ2) is 5.09. The quantitative estimate of drug-likeness (QED) is 0.911. The monoisotopic (exact) mass is 251 g/mol. The molecule has 0 fully saturated rings. The van der Waals surface area contributed by atoms with E-state index in [1.54, 1.807) is 30.4 Å². The van der Waals surface area contributed by atoms with E-state index in [-0.39, 0.29) is 5.91 Å². The molecular weight excluding hydrogens is 242 g/mol. The molecule has 0 saturated carbocycles. The molecule has 0 bridgehead atoms. The summed E-state index contributed by atoms with van der Waals surface area (Å²) in [7, 11) is 0. The minimum absolute atomic E-state index is 0.104. The van der Waals surface area contributed by atoms with Crippen molar-refractivity contribution in [3.8, 4) is 0 Å². The van der Waals surface area contributed by atoms with Gasteiger partial charge in [-0.05, 0) is 12.1 Å². The average Bonchev–Trinajstić information content (AvgIpc) is 2.66. The number of nitrogens with zero attached hydrogens (tertiary/aromatic N) is 2. The molecule has 2 rings (SSSR count). The van der Waals surface area contributed by atoms with Crippen LogP contribution in [-0.4, -0.2) is 15.9 Å². The van der Waals surface area contributed by atoms with E-state index >= 15 is 0 Å². The molecule has 2 heterocycles. The van der Waals surface area contributed by atoms with Gasteiger partial charge < -0.3 is 5.32 Å². The Morgan fingerprint density at radius 2 is 2.38 bits per heavy atom. The minimum Gasteiger partial charge on any atom is -0.302 e. The molecule has 1 N–H and O–H groups in total. The zero-order valence-electron chi connectivity index (χ0n) is 8.51. The van der Waals surface area contributed by atoms with Crippen molar-refractivity contribution in [1.82, 2.24) is 9.97 Å². The lowest BCUT2D eigenvalue weighted by Gasteiger charge is -1.95. The maximum absolute atomic E-state index is 10.8. The van der Waals surface area contributed by atoms with Crippen molar-refractivity contribution in [2.75, 3.05) is 5.32 Å². The van der Waals surface area contributed by atoms with Crippen LogP contribution in [0.4, 0.5) is 5.13 Å². The molecular formula is C10H9N3OS2. The van der Waals surface area contributed by atoms with Gasteiger partial charge in [0, 0.05) is 24.2 Å². The van der Waals surface area contributed by atoms with E-state index in [1.165, 1.54) is 18.3 Å². The molecule has 0 aliphatic rings. The van der Waals surface area contributed by atoms with Gasteiger partial charge in [0.1, 0.15) is 0 Å². The lowest BCUT2D eigenvalue weighted by molar-refractivity contribution is -0.114.